The van der Waals surface area contributed by atoms with Gasteiger partial charge in [0.2, 0.25) is 5.91 Å². The van der Waals surface area contributed by atoms with Crippen molar-refractivity contribution in [3.8, 4) is 0 Å². The average Bonchev–Trinajstić information content (AvgIpc) is 3.37. The highest BCUT2D eigenvalue weighted by Gasteiger charge is 2.30. The molecule has 1 unspecified atom stereocenters. The van der Waals surface area contributed by atoms with Crippen LogP contribution in [-0.4, -0.2) is 34.8 Å². The predicted octanol–water partition coefficient (Wildman–Crippen LogP) is 3.87. The molecule has 1 aliphatic heterocycles. The van der Waals surface area contributed by atoms with Crippen molar-refractivity contribution >= 4 is 22.7 Å². The summed E-state index contributed by atoms with van der Waals surface area (Å²) in [5.41, 5.74) is 1.60. The van der Waals surface area contributed by atoms with E-state index in [4.69, 9.17) is 4.42 Å². The molecule has 3 aromatic rings. The molecule has 6 heteroatoms. The lowest BCUT2D eigenvalue weighted by Gasteiger charge is -2.34. The zero-order valence-electron chi connectivity index (χ0n) is 16.9. The van der Waals surface area contributed by atoms with Gasteiger partial charge in [-0.15, -0.1) is 0 Å². The normalized spacial score (nSPS) is 16.1. The molecule has 152 valence electrons. The van der Waals surface area contributed by atoms with Gasteiger partial charge in [-0.3, -0.25) is 9.59 Å². The molecule has 1 saturated heterocycles. The Morgan fingerprint density at radius 2 is 1.97 bits per heavy atom. The van der Waals surface area contributed by atoms with Crippen LogP contribution in [0, 0.1) is 18.8 Å². The number of aromatic nitrogens is 1. The second kappa shape index (κ2) is 8.15. The summed E-state index contributed by atoms with van der Waals surface area (Å²) in [5.74, 6) is 1.87. The maximum absolute atomic E-state index is 12.8. The van der Waals surface area contributed by atoms with Crippen LogP contribution in [0.2, 0.25) is 0 Å². The molecule has 3 heterocycles. The first-order chi connectivity index (χ1) is 14.0. The summed E-state index contributed by atoms with van der Waals surface area (Å²) in [6.45, 7) is 5.62. The number of fused-ring (bicyclic) bond motifs is 1. The summed E-state index contributed by atoms with van der Waals surface area (Å²) in [6.07, 6.45) is 1.67. The van der Waals surface area contributed by atoms with Crippen LogP contribution in [0.3, 0.4) is 0 Å². The van der Waals surface area contributed by atoms with Gasteiger partial charge in [0, 0.05) is 29.9 Å². The number of para-hydroxylation sites is 1. The largest absolute Gasteiger partial charge is 0.465 e. The third-order valence-corrected chi connectivity index (χ3v) is 5.94. The van der Waals surface area contributed by atoms with Crippen LogP contribution in [0.1, 0.15) is 41.8 Å². The van der Waals surface area contributed by atoms with Gasteiger partial charge in [0.15, 0.2) is 0 Å². The van der Waals surface area contributed by atoms with Gasteiger partial charge >= 0.3 is 0 Å². The van der Waals surface area contributed by atoms with Gasteiger partial charge in [0.25, 0.3) is 5.91 Å². The lowest BCUT2D eigenvalue weighted by Crippen LogP contribution is -2.42. The Labute approximate surface area is 170 Å². The van der Waals surface area contributed by atoms with Crippen LogP contribution in [0.4, 0.5) is 0 Å². The number of carbonyl (C=O) groups excluding carboxylic acids is 2. The Hall–Kier alpha value is -3.02. The van der Waals surface area contributed by atoms with Crippen molar-refractivity contribution in [1.82, 2.24) is 15.2 Å². The minimum atomic E-state index is -0.0867. The molecule has 0 aliphatic carbocycles. The average molecular weight is 393 g/mol. The second-order valence-electron chi connectivity index (χ2n) is 7.92. The minimum absolute atomic E-state index is 0.0324. The molecule has 4 rings (SSSR count). The van der Waals surface area contributed by atoms with Gasteiger partial charge in [0.05, 0.1) is 6.54 Å². The smallest absolute Gasteiger partial charge is 0.270 e. The number of H-pyrrole nitrogens is 1. The zero-order chi connectivity index (χ0) is 20.4. The number of amides is 2. The minimum Gasteiger partial charge on any atom is -0.465 e. The van der Waals surface area contributed by atoms with Crippen LogP contribution >= 0.6 is 0 Å². The zero-order valence-corrected chi connectivity index (χ0v) is 16.9. The Bertz CT molecular complexity index is 978. The maximum Gasteiger partial charge on any atom is 0.270 e. The quantitative estimate of drug-likeness (QED) is 0.691. The van der Waals surface area contributed by atoms with Crippen LogP contribution in [0.5, 0.6) is 0 Å². The summed E-state index contributed by atoms with van der Waals surface area (Å²) in [4.78, 5) is 30.5. The fourth-order valence-electron chi connectivity index (χ4n) is 4.09. The maximum atomic E-state index is 12.8. The van der Waals surface area contributed by atoms with Gasteiger partial charge in [-0.1, -0.05) is 25.1 Å². The molecule has 2 amide bonds. The SMILES string of the molecule is Cc1ccc(CNC(=O)C(C)C2CCN(C(=O)c3cc4ccccc4[nH]3)CC2)o1. The third kappa shape index (κ3) is 4.21. The van der Waals surface area contributed by atoms with Gasteiger partial charge in [0.1, 0.15) is 17.2 Å². The Morgan fingerprint density at radius 1 is 1.21 bits per heavy atom. The molecule has 1 fully saturated rings. The number of aryl methyl sites for hydroxylation is 1. The number of furan rings is 1. The highest BCUT2D eigenvalue weighted by molar-refractivity contribution is 5.98. The topological polar surface area (TPSA) is 78.3 Å². The molecule has 6 nitrogen and oxygen atoms in total. The van der Waals surface area contributed by atoms with E-state index in [-0.39, 0.29) is 23.7 Å². The van der Waals surface area contributed by atoms with Crippen molar-refractivity contribution in [2.45, 2.75) is 33.2 Å². The monoisotopic (exact) mass is 393 g/mol. The molecule has 0 radical (unpaired) electrons. The van der Waals surface area contributed by atoms with E-state index in [1.807, 2.05) is 61.2 Å². The highest BCUT2D eigenvalue weighted by atomic mass is 16.3. The number of piperidine rings is 1. The van der Waals surface area contributed by atoms with Crippen molar-refractivity contribution in [2.75, 3.05) is 13.1 Å². The molecule has 1 atom stereocenters. The molecular weight excluding hydrogens is 366 g/mol. The van der Waals surface area contributed by atoms with Crippen LogP contribution in [0.25, 0.3) is 10.9 Å². The van der Waals surface area contributed by atoms with Crippen LogP contribution in [0.15, 0.2) is 46.9 Å². The Morgan fingerprint density at radius 3 is 2.66 bits per heavy atom. The van der Waals surface area contributed by atoms with E-state index in [1.54, 1.807) is 0 Å². The number of likely N-dealkylation sites (tertiary alicyclic amines) is 1. The summed E-state index contributed by atoms with van der Waals surface area (Å²) in [7, 11) is 0. The van der Waals surface area contributed by atoms with Crippen molar-refractivity contribution in [3.63, 3.8) is 0 Å². The van der Waals surface area contributed by atoms with E-state index in [0.717, 1.165) is 35.3 Å². The molecule has 29 heavy (non-hydrogen) atoms. The van der Waals surface area contributed by atoms with Gasteiger partial charge in [-0.25, -0.2) is 0 Å². The number of rotatable bonds is 5. The van der Waals surface area contributed by atoms with E-state index in [0.29, 0.717) is 25.3 Å². The van der Waals surface area contributed by atoms with Gasteiger partial charge < -0.3 is 19.6 Å². The van der Waals surface area contributed by atoms with Crippen molar-refractivity contribution in [3.05, 3.63) is 59.7 Å². The van der Waals surface area contributed by atoms with Gasteiger partial charge in [-0.2, -0.15) is 0 Å². The number of hydrogen-bond acceptors (Lipinski definition) is 3. The number of benzene rings is 1. The fraction of sp³-hybridized carbons (Fsp3) is 0.391. The standard InChI is InChI=1S/C23H27N3O3/c1-15-7-8-19(29-15)14-24-22(27)16(2)17-9-11-26(12-10-17)23(28)21-13-18-5-3-4-6-20(18)25-21/h3-8,13,16-17,25H,9-12,14H2,1-2H3,(H,24,27). The van der Waals surface area contributed by atoms with Crippen molar-refractivity contribution in [1.29, 1.82) is 0 Å². The number of hydrogen-bond donors (Lipinski definition) is 2. The third-order valence-electron chi connectivity index (χ3n) is 5.94. The van der Waals surface area contributed by atoms with E-state index < -0.39 is 0 Å². The Balaban J connectivity index is 1.30. The molecule has 2 N–H and O–H groups in total. The van der Waals surface area contributed by atoms with E-state index in [9.17, 15) is 9.59 Å². The van der Waals surface area contributed by atoms with E-state index in [1.165, 1.54) is 0 Å². The lowest BCUT2D eigenvalue weighted by molar-refractivity contribution is -0.126. The first kappa shape index (κ1) is 19.3. The highest BCUT2D eigenvalue weighted by Crippen LogP contribution is 2.26. The van der Waals surface area contributed by atoms with Crippen LogP contribution in [-0.2, 0) is 11.3 Å². The van der Waals surface area contributed by atoms with Crippen molar-refractivity contribution < 1.29 is 14.0 Å². The summed E-state index contributed by atoms with van der Waals surface area (Å²) >= 11 is 0. The number of nitrogens with zero attached hydrogens (tertiary/aromatic N) is 1. The summed E-state index contributed by atoms with van der Waals surface area (Å²) in [5, 5.41) is 4.01. The first-order valence-electron chi connectivity index (χ1n) is 10.2. The molecule has 0 bridgehead atoms. The molecule has 1 aromatic carbocycles. The number of nitrogens with one attached hydrogen (secondary N) is 2. The van der Waals surface area contributed by atoms with E-state index >= 15 is 0 Å². The van der Waals surface area contributed by atoms with Gasteiger partial charge in [-0.05, 0) is 49.9 Å². The Kier molecular flexibility index (Phi) is 5.43. The van der Waals surface area contributed by atoms with Crippen LogP contribution < -0.4 is 5.32 Å². The lowest BCUT2D eigenvalue weighted by atomic mass is 9.84. The molecule has 1 aliphatic rings. The summed E-state index contributed by atoms with van der Waals surface area (Å²) < 4.78 is 5.50. The molecule has 0 spiro atoms. The van der Waals surface area contributed by atoms with E-state index in [2.05, 4.69) is 10.3 Å². The number of aromatic amines is 1. The predicted molar refractivity (Wildman–Crippen MR) is 111 cm³/mol. The molecule has 0 saturated carbocycles. The molecular formula is C23H27N3O3. The molecule has 2 aromatic heterocycles. The number of carbonyl (C=O) groups is 2. The second-order valence-corrected chi connectivity index (χ2v) is 7.92. The first-order valence-corrected chi connectivity index (χ1v) is 10.2. The summed E-state index contributed by atoms with van der Waals surface area (Å²) in [6, 6.07) is 13.6. The van der Waals surface area contributed by atoms with Crippen molar-refractivity contribution in [2.24, 2.45) is 11.8 Å². The fourth-order valence-corrected chi connectivity index (χ4v) is 4.09.